The highest BCUT2D eigenvalue weighted by Crippen LogP contribution is 2.39. The second-order valence-corrected chi connectivity index (χ2v) is 9.66. The molecule has 5 N–H and O–H groups in total. The quantitative estimate of drug-likeness (QED) is 0.297. The van der Waals surface area contributed by atoms with Crippen molar-refractivity contribution in [2.45, 2.75) is 44.2 Å². The number of nitrogens with one attached hydrogen (secondary N) is 2. The van der Waals surface area contributed by atoms with Crippen molar-refractivity contribution >= 4 is 17.7 Å². The molecule has 2 aromatic heterocycles. The van der Waals surface area contributed by atoms with E-state index in [0.29, 0.717) is 18.5 Å². The summed E-state index contributed by atoms with van der Waals surface area (Å²) in [6, 6.07) is 4.91. The van der Waals surface area contributed by atoms with Gasteiger partial charge in [-0.2, -0.15) is 0 Å². The molecule has 1 aliphatic carbocycles. The maximum absolute atomic E-state index is 14.8. The van der Waals surface area contributed by atoms with Crippen molar-refractivity contribution in [2.24, 2.45) is 5.92 Å². The molecular weight excluding hydrogens is 517 g/mol. The molecule has 39 heavy (non-hydrogen) atoms. The van der Waals surface area contributed by atoms with E-state index in [1.165, 1.54) is 6.20 Å². The molecule has 0 radical (unpaired) electrons. The second-order valence-electron chi connectivity index (χ2n) is 9.66. The third-order valence-electron chi connectivity index (χ3n) is 6.75. The zero-order valence-corrected chi connectivity index (χ0v) is 20.9. The lowest BCUT2D eigenvalue weighted by Crippen LogP contribution is -2.39. The summed E-state index contributed by atoms with van der Waals surface area (Å²) < 4.78 is 44.2. The van der Waals surface area contributed by atoms with Crippen molar-refractivity contribution in [1.29, 1.82) is 0 Å². The summed E-state index contributed by atoms with van der Waals surface area (Å²) in [4.78, 5) is 32.2. The first-order valence-electron chi connectivity index (χ1n) is 12.3. The topological polar surface area (TPSA) is 145 Å². The molecule has 1 fully saturated rings. The summed E-state index contributed by atoms with van der Waals surface area (Å²) >= 11 is 0. The molecule has 0 saturated heterocycles. The number of pyridine rings is 2. The minimum Gasteiger partial charge on any atom is -0.465 e. The number of carbonyl (C=O) groups is 2. The largest absolute Gasteiger partial charge is 0.465 e. The first-order valence-corrected chi connectivity index (χ1v) is 12.3. The molecule has 0 spiro atoms. The Morgan fingerprint density at radius 2 is 1.79 bits per heavy atom. The molecule has 206 valence electrons. The zero-order chi connectivity index (χ0) is 28.3. The van der Waals surface area contributed by atoms with Gasteiger partial charge in [0.25, 0.3) is 5.91 Å². The lowest BCUT2D eigenvalue weighted by Gasteiger charge is -2.34. The molecule has 4 rings (SSSR count). The number of amides is 2. The summed E-state index contributed by atoms with van der Waals surface area (Å²) in [6.45, 7) is 1.24. The van der Waals surface area contributed by atoms with Gasteiger partial charge in [0.1, 0.15) is 34.9 Å². The van der Waals surface area contributed by atoms with Crippen LogP contribution in [-0.2, 0) is 0 Å². The van der Waals surface area contributed by atoms with Crippen molar-refractivity contribution in [1.82, 2.24) is 15.3 Å². The van der Waals surface area contributed by atoms with Crippen LogP contribution in [-0.4, -0.2) is 49.9 Å². The van der Waals surface area contributed by atoms with E-state index in [-0.39, 0.29) is 29.1 Å². The van der Waals surface area contributed by atoms with Crippen molar-refractivity contribution < 1.29 is 38.1 Å². The number of hydrogen-bond donors (Lipinski definition) is 5. The maximum atomic E-state index is 14.8. The number of rotatable bonds is 7. The van der Waals surface area contributed by atoms with Crippen molar-refractivity contribution in [3.05, 3.63) is 77.0 Å². The number of benzene rings is 1. The number of halogens is 3. The van der Waals surface area contributed by atoms with Gasteiger partial charge in [-0.25, -0.2) is 22.9 Å². The van der Waals surface area contributed by atoms with E-state index < -0.39 is 53.4 Å². The summed E-state index contributed by atoms with van der Waals surface area (Å²) in [6.07, 6.45) is 2.30. The normalized spacial score (nSPS) is 19.8. The van der Waals surface area contributed by atoms with Crippen LogP contribution in [0.2, 0.25) is 0 Å². The number of aliphatic hydroxyl groups is 2. The third kappa shape index (κ3) is 6.35. The van der Waals surface area contributed by atoms with E-state index in [1.807, 2.05) is 6.92 Å². The van der Waals surface area contributed by atoms with Crippen LogP contribution in [0.5, 0.6) is 0 Å². The van der Waals surface area contributed by atoms with Gasteiger partial charge in [0.15, 0.2) is 0 Å². The molecular formula is C27H27F3N4O5. The monoisotopic (exact) mass is 544 g/mol. The predicted molar refractivity (Wildman–Crippen MR) is 134 cm³/mol. The molecule has 0 bridgehead atoms. The van der Waals surface area contributed by atoms with Gasteiger partial charge in [-0.1, -0.05) is 6.92 Å². The van der Waals surface area contributed by atoms with Crippen LogP contribution < -0.4 is 10.6 Å². The van der Waals surface area contributed by atoms with Crippen LogP contribution in [0.4, 0.5) is 23.7 Å². The molecule has 0 unspecified atom stereocenters. The molecule has 2 amide bonds. The third-order valence-corrected chi connectivity index (χ3v) is 6.75. The van der Waals surface area contributed by atoms with E-state index in [1.54, 1.807) is 12.3 Å². The molecule has 1 saturated carbocycles. The van der Waals surface area contributed by atoms with Gasteiger partial charge in [0.2, 0.25) is 0 Å². The van der Waals surface area contributed by atoms with Gasteiger partial charge >= 0.3 is 6.09 Å². The first kappa shape index (κ1) is 28.0. The highest BCUT2D eigenvalue weighted by molar-refractivity contribution is 6.03. The Hall–Kier alpha value is -4.03. The lowest BCUT2D eigenvalue weighted by molar-refractivity contribution is 0.0951. The summed E-state index contributed by atoms with van der Waals surface area (Å²) in [5.41, 5.74) is -1.04. The summed E-state index contributed by atoms with van der Waals surface area (Å²) in [7, 11) is 0. The van der Waals surface area contributed by atoms with E-state index in [4.69, 9.17) is 10.2 Å². The Labute approximate surface area is 221 Å². The minimum absolute atomic E-state index is 0.0865. The average molecular weight is 545 g/mol. The van der Waals surface area contributed by atoms with E-state index in [0.717, 1.165) is 36.2 Å². The van der Waals surface area contributed by atoms with E-state index >= 15 is 0 Å². The van der Waals surface area contributed by atoms with Crippen LogP contribution in [0.3, 0.4) is 0 Å². The number of carboxylic acid groups (broad SMARTS) is 1. The number of anilines is 1. The second kappa shape index (κ2) is 11.8. The molecule has 3 aromatic rings. The molecule has 9 nitrogen and oxygen atoms in total. The van der Waals surface area contributed by atoms with Gasteiger partial charge in [-0.05, 0) is 72.6 Å². The van der Waals surface area contributed by atoms with Crippen LogP contribution in [0.1, 0.15) is 59.8 Å². The zero-order valence-electron chi connectivity index (χ0n) is 20.9. The van der Waals surface area contributed by atoms with Gasteiger partial charge in [0, 0.05) is 12.2 Å². The number of aromatic nitrogens is 2. The molecule has 0 aliphatic heterocycles. The molecule has 12 heteroatoms. The fourth-order valence-corrected chi connectivity index (χ4v) is 5.06. The van der Waals surface area contributed by atoms with Gasteiger partial charge < -0.3 is 26.0 Å². The number of nitrogens with zero attached hydrogens (tertiary/aromatic N) is 2. The van der Waals surface area contributed by atoms with E-state index in [2.05, 4.69) is 20.6 Å². The standard InChI is InChI=1S/C27H27F3N4O5/c1-13-6-14(8-16(7-13)32-27(38)39)17-4-5-31-11-22(17)34-26(37)21-3-2-18(28)25(33-21)24-19(29)9-15(10-20(24)30)23(36)12-35/h2-5,9-11,13-14,16,23,32,35-36H,6-8,12H2,1H3,(H,34,37)(H,38,39)/t13-,14+,16-,23-/m0/s1. The Bertz CT molecular complexity index is 1370. The van der Waals surface area contributed by atoms with Crippen LogP contribution in [0, 0.1) is 23.4 Å². The SMILES string of the molecule is C[C@@H]1C[C@H](NC(=O)O)C[C@H](c2ccncc2NC(=O)c2ccc(F)c(-c3c(F)cc([C@@H](O)CO)cc3F)n2)C1. The Morgan fingerprint density at radius 1 is 1.08 bits per heavy atom. The minimum atomic E-state index is -1.53. The van der Waals surface area contributed by atoms with Crippen molar-refractivity contribution in [3.63, 3.8) is 0 Å². The number of carbonyl (C=O) groups excluding carboxylic acids is 1. The molecule has 4 atom stereocenters. The van der Waals surface area contributed by atoms with Gasteiger partial charge in [-0.15, -0.1) is 0 Å². The number of hydrogen-bond acceptors (Lipinski definition) is 6. The number of aliphatic hydroxyl groups excluding tert-OH is 2. The maximum Gasteiger partial charge on any atom is 0.404 e. The van der Waals surface area contributed by atoms with Crippen molar-refractivity contribution in [2.75, 3.05) is 11.9 Å². The predicted octanol–water partition coefficient (Wildman–Crippen LogP) is 4.38. The van der Waals surface area contributed by atoms with Gasteiger partial charge in [-0.3, -0.25) is 9.78 Å². The van der Waals surface area contributed by atoms with Crippen LogP contribution in [0.15, 0.2) is 42.7 Å². The Kier molecular flexibility index (Phi) is 8.46. The molecule has 1 aliphatic rings. The fraction of sp³-hybridized carbons (Fsp3) is 0.333. The first-order chi connectivity index (χ1) is 18.6. The average Bonchev–Trinajstić information content (AvgIpc) is 2.88. The Balaban J connectivity index is 1.62. The lowest BCUT2D eigenvalue weighted by atomic mass is 9.76. The molecule has 2 heterocycles. The summed E-state index contributed by atoms with van der Waals surface area (Å²) in [5, 5.41) is 33.1. The molecule has 1 aromatic carbocycles. The van der Waals surface area contributed by atoms with Crippen LogP contribution >= 0.6 is 0 Å². The van der Waals surface area contributed by atoms with Crippen molar-refractivity contribution in [3.8, 4) is 11.3 Å². The summed E-state index contributed by atoms with van der Waals surface area (Å²) in [5.74, 6) is -4.18. The highest BCUT2D eigenvalue weighted by Gasteiger charge is 2.30. The smallest absolute Gasteiger partial charge is 0.404 e. The van der Waals surface area contributed by atoms with Gasteiger partial charge in [0.05, 0.1) is 24.1 Å². The van der Waals surface area contributed by atoms with Crippen LogP contribution in [0.25, 0.3) is 11.3 Å². The Morgan fingerprint density at radius 3 is 2.46 bits per heavy atom. The fourth-order valence-electron chi connectivity index (χ4n) is 5.06. The highest BCUT2D eigenvalue weighted by atomic mass is 19.1. The van der Waals surface area contributed by atoms with E-state index in [9.17, 15) is 27.9 Å².